The zero-order valence-electron chi connectivity index (χ0n) is 21.1. The van der Waals surface area contributed by atoms with Crippen molar-refractivity contribution in [3.05, 3.63) is 131 Å². The van der Waals surface area contributed by atoms with Crippen LogP contribution in [-0.4, -0.2) is 23.9 Å². The zero-order valence-corrected chi connectivity index (χ0v) is 21.1. The van der Waals surface area contributed by atoms with Gasteiger partial charge in [0.2, 0.25) is 11.8 Å². The number of nitrogens with two attached hydrogens (primary N) is 1. The van der Waals surface area contributed by atoms with Crippen molar-refractivity contribution in [1.82, 2.24) is 5.43 Å². The number of carbonyl (C=O) groups excluding carboxylic acids is 3. The first-order chi connectivity index (χ1) is 19.4. The fourth-order valence-electron chi connectivity index (χ4n) is 6.85. The minimum Gasteiger partial charge on any atom is -0.398 e. The number of hydrogen-bond donors (Lipinski definition) is 2. The Morgan fingerprint density at radius 3 is 2.10 bits per heavy atom. The molecule has 1 heterocycles. The second kappa shape index (κ2) is 8.71. The van der Waals surface area contributed by atoms with Crippen LogP contribution in [0.5, 0.6) is 0 Å². The van der Waals surface area contributed by atoms with Crippen LogP contribution >= 0.6 is 0 Å². The van der Waals surface area contributed by atoms with Crippen LogP contribution in [0.15, 0.2) is 102 Å². The molecule has 8 heteroatoms. The van der Waals surface area contributed by atoms with Gasteiger partial charge in [0, 0.05) is 17.8 Å². The van der Waals surface area contributed by atoms with Crippen molar-refractivity contribution >= 4 is 35.3 Å². The molecule has 0 unspecified atom stereocenters. The summed E-state index contributed by atoms with van der Waals surface area (Å²) < 4.78 is 13.7. The number of nitrogens with one attached hydrogen (secondary N) is 1. The average molecular weight is 531 g/mol. The van der Waals surface area contributed by atoms with E-state index in [4.69, 9.17) is 5.73 Å². The summed E-state index contributed by atoms with van der Waals surface area (Å²) in [5.41, 5.74) is 11.9. The van der Waals surface area contributed by atoms with Gasteiger partial charge < -0.3 is 5.73 Å². The van der Waals surface area contributed by atoms with Gasteiger partial charge in [-0.3, -0.25) is 14.4 Å². The lowest BCUT2D eigenvalue weighted by Crippen LogP contribution is -2.54. The number of anilines is 2. The van der Waals surface area contributed by atoms with Crippen molar-refractivity contribution in [2.45, 2.75) is 11.3 Å². The third-order valence-electron chi connectivity index (χ3n) is 8.41. The van der Waals surface area contributed by atoms with Crippen molar-refractivity contribution in [2.75, 3.05) is 10.6 Å². The van der Waals surface area contributed by atoms with Gasteiger partial charge in [-0.1, -0.05) is 60.7 Å². The molecule has 8 rings (SSSR count). The van der Waals surface area contributed by atoms with Gasteiger partial charge in [0.25, 0.3) is 5.91 Å². The number of nitrogen functional groups attached to an aromatic ring is 1. The van der Waals surface area contributed by atoms with Crippen LogP contribution in [0.25, 0.3) is 0 Å². The molecule has 3 amide bonds. The maximum atomic E-state index is 14.3. The number of hydrazone groups is 1. The Labute approximate surface area is 229 Å². The average Bonchev–Trinajstić information content (AvgIpc) is 3.24. The Morgan fingerprint density at radius 2 is 1.45 bits per heavy atom. The summed E-state index contributed by atoms with van der Waals surface area (Å²) in [5.74, 6) is -3.53. The van der Waals surface area contributed by atoms with Crippen LogP contribution in [0.2, 0.25) is 0 Å². The normalized spacial score (nSPS) is 24.1. The lowest BCUT2D eigenvalue weighted by atomic mass is 9.47. The van der Waals surface area contributed by atoms with Gasteiger partial charge in [0.1, 0.15) is 5.82 Å². The molecule has 0 saturated carbocycles. The van der Waals surface area contributed by atoms with Crippen molar-refractivity contribution < 1.29 is 18.8 Å². The number of amides is 3. The molecule has 3 aliphatic carbocycles. The van der Waals surface area contributed by atoms with Gasteiger partial charge in [-0.15, -0.1) is 0 Å². The Balaban J connectivity index is 1.41. The molecule has 1 saturated heterocycles. The van der Waals surface area contributed by atoms with Gasteiger partial charge in [0.15, 0.2) is 0 Å². The Bertz CT molecular complexity index is 1700. The van der Waals surface area contributed by atoms with Crippen molar-refractivity contribution in [1.29, 1.82) is 0 Å². The molecule has 0 aromatic heterocycles. The summed E-state index contributed by atoms with van der Waals surface area (Å²) in [6.45, 7) is 0. The highest BCUT2D eigenvalue weighted by molar-refractivity contribution is 6.25. The van der Waals surface area contributed by atoms with Gasteiger partial charge in [0.05, 0.1) is 28.5 Å². The van der Waals surface area contributed by atoms with Crippen LogP contribution in [0, 0.1) is 17.7 Å². The van der Waals surface area contributed by atoms with Gasteiger partial charge in [-0.2, -0.15) is 5.10 Å². The van der Waals surface area contributed by atoms with E-state index in [0.29, 0.717) is 11.4 Å². The number of imide groups is 1. The minimum absolute atomic E-state index is 0.276. The van der Waals surface area contributed by atoms with Gasteiger partial charge >= 0.3 is 0 Å². The Kier molecular flexibility index (Phi) is 5.22. The fraction of sp³-hybridized carbons (Fsp3) is 0.125. The molecule has 4 aliphatic rings. The molecule has 2 atom stereocenters. The zero-order chi connectivity index (χ0) is 27.6. The summed E-state index contributed by atoms with van der Waals surface area (Å²) in [6, 6.07) is 27.5. The predicted octanol–water partition coefficient (Wildman–Crippen LogP) is 4.37. The van der Waals surface area contributed by atoms with Crippen LogP contribution in [0.4, 0.5) is 15.8 Å². The number of carbonyl (C=O) groups is 3. The molecular weight excluding hydrogens is 507 g/mol. The predicted molar refractivity (Wildman–Crippen MR) is 148 cm³/mol. The molecule has 4 aromatic rings. The monoisotopic (exact) mass is 530 g/mol. The maximum absolute atomic E-state index is 14.3. The number of benzene rings is 4. The molecule has 0 spiro atoms. The molecule has 1 fully saturated rings. The minimum atomic E-state index is -1.14. The molecule has 196 valence electrons. The molecule has 1 aliphatic heterocycles. The lowest BCUT2D eigenvalue weighted by molar-refractivity contribution is -0.122. The van der Waals surface area contributed by atoms with Crippen LogP contribution in [-0.2, 0) is 15.0 Å². The lowest BCUT2D eigenvalue weighted by Gasteiger charge is -2.52. The van der Waals surface area contributed by atoms with E-state index in [1.54, 1.807) is 30.5 Å². The molecule has 0 radical (unpaired) electrons. The summed E-state index contributed by atoms with van der Waals surface area (Å²) in [6.07, 6.45) is 1.59. The largest absolute Gasteiger partial charge is 0.398 e. The molecular formula is C32H23FN4O3. The highest BCUT2D eigenvalue weighted by Gasteiger charge is 2.68. The second-order valence-corrected chi connectivity index (χ2v) is 10.3. The van der Waals surface area contributed by atoms with Crippen molar-refractivity contribution in [3.63, 3.8) is 0 Å². The van der Waals surface area contributed by atoms with E-state index in [9.17, 15) is 18.8 Å². The Hall–Kier alpha value is -5.11. The van der Waals surface area contributed by atoms with Crippen molar-refractivity contribution in [3.8, 4) is 0 Å². The molecule has 7 nitrogen and oxygen atoms in total. The maximum Gasteiger partial charge on any atom is 0.273 e. The van der Waals surface area contributed by atoms with E-state index in [1.165, 1.54) is 29.2 Å². The van der Waals surface area contributed by atoms with Crippen molar-refractivity contribution in [2.24, 2.45) is 16.9 Å². The smallest absolute Gasteiger partial charge is 0.273 e. The van der Waals surface area contributed by atoms with Gasteiger partial charge in [-0.05, 0) is 58.7 Å². The first-order valence-corrected chi connectivity index (χ1v) is 12.9. The first kappa shape index (κ1) is 24.0. The third-order valence-corrected chi connectivity index (χ3v) is 8.41. The summed E-state index contributed by atoms with van der Waals surface area (Å²) in [5, 5.41) is 4.40. The highest BCUT2D eigenvalue weighted by atomic mass is 19.1. The topological polar surface area (TPSA) is 105 Å². The Morgan fingerprint density at radius 1 is 0.850 bits per heavy atom. The first-order valence-electron chi connectivity index (χ1n) is 12.9. The number of halogens is 1. The number of nitrogens with zero attached hydrogens (tertiary/aromatic N) is 2. The standard InChI is InChI=1S/C32H23FN4O3/c33-18-13-15-19(16-14-18)37-30(39)27-26-20-7-1-4-10-23(20)32(28(27)31(37)40,24-11-5-2-8-21(24)26)17-35-36-29(38)22-9-3-6-12-25(22)34/h1-17,26-28H,34H2,(H,36,38)/b35-17-/t26?,27-,28+,32?/m1/s1. The highest BCUT2D eigenvalue weighted by Crippen LogP contribution is 2.63. The van der Waals surface area contributed by atoms with E-state index < -0.39 is 29.0 Å². The van der Waals surface area contributed by atoms with E-state index in [-0.39, 0.29) is 23.3 Å². The fourth-order valence-corrected chi connectivity index (χ4v) is 6.85. The molecule has 2 bridgehead atoms. The third kappa shape index (κ3) is 3.16. The van der Waals surface area contributed by atoms with Crippen LogP contribution in [0.1, 0.15) is 38.5 Å². The molecule has 3 N–H and O–H groups in total. The van der Waals surface area contributed by atoms with Gasteiger partial charge in [-0.25, -0.2) is 14.7 Å². The van der Waals surface area contributed by atoms with E-state index in [1.807, 2.05) is 48.5 Å². The SMILES string of the molecule is Nc1ccccc1C(=O)N/N=C\C12c3ccccc3C(c3ccccc31)[C@H]1C(=O)N(c3ccc(F)cc3)C(=O)[C@H]12. The van der Waals surface area contributed by atoms with Crippen LogP contribution < -0.4 is 16.1 Å². The van der Waals surface area contributed by atoms with E-state index in [2.05, 4.69) is 10.5 Å². The summed E-state index contributed by atoms with van der Waals surface area (Å²) in [4.78, 5) is 42.5. The number of hydrogen-bond acceptors (Lipinski definition) is 5. The van der Waals surface area contributed by atoms with E-state index in [0.717, 1.165) is 22.3 Å². The molecule has 40 heavy (non-hydrogen) atoms. The van der Waals surface area contributed by atoms with E-state index >= 15 is 0 Å². The number of rotatable bonds is 4. The van der Waals surface area contributed by atoms with Crippen LogP contribution in [0.3, 0.4) is 0 Å². The summed E-state index contributed by atoms with van der Waals surface area (Å²) in [7, 11) is 0. The summed E-state index contributed by atoms with van der Waals surface area (Å²) >= 11 is 0. The quantitative estimate of drug-likeness (QED) is 0.177. The second-order valence-electron chi connectivity index (χ2n) is 10.3. The number of para-hydroxylation sites is 1. The molecule has 4 aromatic carbocycles.